The predicted octanol–water partition coefficient (Wildman–Crippen LogP) is 6.27. The van der Waals surface area contributed by atoms with Gasteiger partial charge in [0, 0.05) is 17.3 Å². The first-order valence-electron chi connectivity index (χ1n) is 14.5. The molecule has 0 heterocycles. The van der Waals surface area contributed by atoms with Crippen LogP contribution in [-0.4, -0.2) is 32.9 Å². The molecule has 1 aromatic rings. The van der Waals surface area contributed by atoms with Gasteiger partial charge >= 0.3 is 5.97 Å². The summed E-state index contributed by atoms with van der Waals surface area (Å²) in [6.45, 7) is 16.7. The van der Waals surface area contributed by atoms with Crippen LogP contribution in [0, 0.1) is 52.3 Å². The Kier molecular flexibility index (Phi) is 6.78. The summed E-state index contributed by atoms with van der Waals surface area (Å²) in [4.78, 5) is 26.8. The molecule has 2 spiro atoms. The molecule has 4 aliphatic rings. The van der Waals surface area contributed by atoms with Gasteiger partial charge in [-0.25, -0.2) is 4.79 Å². The fraction of sp³-hybridized carbons (Fsp3) is 0.688. The smallest absolute Gasteiger partial charge is 0.333 e. The highest BCUT2D eigenvalue weighted by atomic mass is 32.2. The minimum atomic E-state index is -4.10. The molecular weight excluding hydrogens is 512 g/mol. The molecule has 6 nitrogen and oxygen atoms in total. The van der Waals surface area contributed by atoms with Crippen LogP contribution in [-0.2, 0) is 28.6 Å². The van der Waals surface area contributed by atoms with Crippen molar-refractivity contribution in [2.45, 2.75) is 91.1 Å². The van der Waals surface area contributed by atoms with Crippen molar-refractivity contribution in [3.63, 3.8) is 0 Å². The van der Waals surface area contributed by atoms with Crippen molar-refractivity contribution < 1.29 is 26.9 Å². The van der Waals surface area contributed by atoms with Crippen LogP contribution in [0.15, 0.2) is 41.8 Å². The summed E-state index contributed by atoms with van der Waals surface area (Å²) in [7, 11) is -4.10. The maximum Gasteiger partial charge on any atom is 0.333 e. The van der Waals surface area contributed by atoms with Crippen molar-refractivity contribution in [1.29, 1.82) is 0 Å². The van der Waals surface area contributed by atoms with Crippen LogP contribution in [0.25, 0.3) is 0 Å². The molecule has 39 heavy (non-hydrogen) atoms. The van der Waals surface area contributed by atoms with Gasteiger partial charge in [-0.15, -0.1) is 6.58 Å². The lowest BCUT2D eigenvalue weighted by Gasteiger charge is -2.72. The van der Waals surface area contributed by atoms with E-state index in [2.05, 4.69) is 41.2 Å². The molecule has 4 aliphatic carbocycles. The number of carbonyl (C=O) groups is 2. The molecule has 214 valence electrons. The van der Waals surface area contributed by atoms with E-state index in [1.54, 1.807) is 12.1 Å². The monoisotopic (exact) mass is 556 g/mol. The minimum Gasteiger partial charge on any atom is -0.460 e. The Morgan fingerprint density at radius 2 is 1.79 bits per heavy atom. The van der Waals surface area contributed by atoms with Crippen molar-refractivity contribution in [2.75, 3.05) is 6.61 Å². The summed E-state index contributed by atoms with van der Waals surface area (Å²) in [6.07, 6.45) is 6.35. The van der Waals surface area contributed by atoms with Gasteiger partial charge in [-0.2, -0.15) is 8.42 Å². The molecule has 0 aliphatic heterocycles. The van der Waals surface area contributed by atoms with Crippen LogP contribution in [0.2, 0.25) is 0 Å². The Bertz CT molecular complexity index is 1290. The van der Waals surface area contributed by atoms with Gasteiger partial charge in [-0.3, -0.25) is 8.98 Å². The third-order valence-electron chi connectivity index (χ3n) is 12.1. The second-order valence-electron chi connectivity index (χ2n) is 13.6. The number of esters is 1. The average molecular weight is 557 g/mol. The Balaban J connectivity index is 1.48. The first-order chi connectivity index (χ1) is 18.2. The highest BCUT2D eigenvalue weighted by molar-refractivity contribution is 7.86. The van der Waals surface area contributed by atoms with Crippen LogP contribution in [0.1, 0.15) is 78.7 Å². The number of rotatable bonds is 7. The van der Waals surface area contributed by atoms with Crippen molar-refractivity contribution in [1.82, 2.24) is 0 Å². The molecule has 0 saturated heterocycles. The molecule has 0 radical (unpaired) electrons. The maximum atomic E-state index is 13.5. The van der Waals surface area contributed by atoms with E-state index in [1.807, 2.05) is 13.0 Å². The predicted molar refractivity (Wildman–Crippen MR) is 149 cm³/mol. The molecule has 0 aromatic heterocycles. The molecule has 9 atom stereocenters. The van der Waals surface area contributed by atoms with E-state index in [0.717, 1.165) is 31.2 Å². The second-order valence-corrected chi connectivity index (χ2v) is 15.2. The fourth-order valence-electron chi connectivity index (χ4n) is 9.80. The van der Waals surface area contributed by atoms with E-state index in [4.69, 9.17) is 8.92 Å². The maximum absolute atomic E-state index is 13.5. The number of aryl methyl sites for hydroxylation is 1. The van der Waals surface area contributed by atoms with Gasteiger partial charge in [0.1, 0.15) is 11.9 Å². The first-order valence-corrected chi connectivity index (χ1v) is 15.9. The van der Waals surface area contributed by atoms with E-state index in [1.165, 1.54) is 12.1 Å². The zero-order valence-corrected chi connectivity index (χ0v) is 25.1. The molecule has 5 rings (SSSR count). The molecule has 0 N–H and O–H groups in total. The standard InChI is InChI=1S/C32H44O6S/c1-8-23-16-32-19-31(15-14-25(32)33)22(5)21(4)29(6,9-2)17-26(30(23,7)28(31)32)38-27(34)18-37-39(35,36)24-12-10-20(3)11-13-24/h9-13,21-23,26,28H,2,8,14-19H2,1,3-7H3/t21-,22-,23?,26+,28-,29-,30-,31+,32+/m0/s1. The van der Waals surface area contributed by atoms with Crippen LogP contribution in [0.5, 0.6) is 0 Å². The molecule has 0 amide bonds. The number of hydrogen-bond acceptors (Lipinski definition) is 6. The summed E-state index contributed by atoms with van der Waals surface area (Å²) in [5.74, 6) is 0.778. The number of benzene rings is 1. The van der Waals surface area contributed by atoms with E-state index < -0.39 is 34.2 Å². The van der Waals surface area contributed by atoms with Crippen LogP contribution in [0.3, 0.4) is 0 Å². The number of allylic oxidation sites excluding steroid dienone is 1. The molecule has 2 bridgehead atoms. The Morgan fingerprint density at radius 3 is 2.41 bits per heavy atom. The second kappa shape index (κ2) is 9.27. The number of ketones is 1. The Labute approximate surface area is 234 Å². The summed E-state index contributed by atoms with van der Waals surface area (Å²) < 4.78 is 36.9. The quantitative estimate of drug-likeness (QED) is 0.223. The molecule has 4 fully saturated rings. The third kappa shape index (κ3) is 3.93. The van der Waals surface area contributed by atoms with E-state index in [-0.39, 0.29) is 38.9 Å². The lowest BCUT2D eigenvalue weighted by atomic mass is 9.31. The van der Waals surface area contributed by atoms with Gasteiger partial charge < -0.3 is 4.74 Å². The van der Waals surface area contributed by atoms with Gasteiger partial charge in [-0.1, -0.05) is 64.8 Å². The van der Waals surface area contributed by atoms with Crippen molar-refractivity contribution in [3.8, 4) is 0 Å². The number of hydrogen-bond donors (Lipinski definition) is 0. The molecule has 7 heteroatoms. The van der Waals surface area contributed by atoms with Crippen LogP contribution in [0.4, 0.5) is 0 Å². The lowest BCUT2D eigenvalue weighted by Crippen LogP contribution is -2.71. The summed E-state index contributed by atoms with van der Waals surface area (Å²) in [5.41, 5.74) is -0.0430. The van der Waals surface area contributed by atoms with E-state index in [9.17, 15) is 18.0 Å². The van der Waals surface area contributed by atoms with Gasteiger partial charge in [-0.05, 0) is 79.2 Å². The van der Waals surface area contributed by atoms with Gasteiger partial charge in [0.25, 0.3) is 10.1 Å². The van der Waals surface area contributed by atoms with Crippen LogP contribution >= 0.6 is 0 Å². The normalized spacial score (nSPS) is 43.0. The van der Waals surface area contributed by atoms with E-state index >= 15 is 0 Å². The van der Waals surface area contributed by atoms with Gasteiger partial charge in [0.05, 0.1) is 4.90 Å². The van der Waals surface area contributed by atoms with Crippen molar-refractivity contribution in [2.24, 2.45) is 45.3 Å². The third-order valence-corrected chi connectivity index (χ3v) is 13.4. The number of ether oxygens (including phenoxy) is 1. The zero-order chi connectivity index (χ0) is 28.6. The minimum absolute atomic E-state index is 0.00684. The highest BCUT2D eigenvalue weighted by Crippen LogP contribution is 2.83. The highest BCUT2D eigenvalue weighted by Gasteiger charge is 2.81. The summed E-state index contributed by atoms with van der Waals surface area (Å²) in [5, 5.41) is 0. The largest absolute Gasteiger partial charge is 0.460 e. The Hall–Kier alpha value is -1.99. The number of Topliss-reactive ketones (excluding diaryl/α,β-unsaturated/α-hetero) is 1. The number of carbonyl (C=O) groups excluding carboxylic acids is 2. The SMILES string of the molecule is C=C[C@@]1(C)C[C@@H](OC(=O)COS(=O)(=O)c2ccc(C)cc2)[C@]2(C)C(CC)C[C@@]34C[C@@](CCC3=O)([C@@H]42)[C@@H](C)[C@@H]1C. The lowest BCUT2D eigenvalue weighted by molar-refractivity contribution is -0.250. The van der Waals surface area contributed by atoms with Crippen molar-refractivity contribution in [3.05, 3.63) is 42.5 Å². The Morgan fingerprint density at radius 1 is 1.13 bits per heavy atom. The van der Waals surface area contributed by atoms with Gasteiger partial charge in [0.15, 0.2) is 6.61 Å². The fourth-order valence-corrected chi connectivity index (χ4v) is 10.7. The average Bonchev–Trinajstić information content (AvgIpc) is 3.11. The van der Waals surface area contributed by atoms with Gasteiger partial charge in [0.2, 0.25) is 0 Å². The summed E-state index contributed by atoms with van der Waals surface area (Å²) in [6, 6.07) is 6.32. The zero-order valence-electron chi connectivity index (χ0n) is 24.3. The first kappa shape index (κ1) is 28.5. The molecule has 4 saturated carbocycles. The van der Waals surface area contributed by atoms with E-state index in [0.29, 0.717) is 24.5 Å². The molecular formula is C32H44O6S. The van der Waals surface area contributed by atoms with Crippen LogP contribution < -0.4 is 0 Å². The summed E-state index contributed by atoms with van der Waals surface area (Å²) >= 11 is 0. The van der Waals surface area contributed by atoms with Crippen molar-refractivity contribution >= 4 is 21.9 Å². The molecule has 1 unspecified atom stereocenters. The molecule has 1 aromatic carbocycles. The topological polar surface area (TPSA) is 86.7 Å².